The largest absolute Gasteiger partial charge is 0.390 e. The van der Waals surface area contributed by atoms with Gasteiger partial charge in [0.2, 0.25) is 5.91 Å². The van der Waals surface area contributed by atoms with Crippen molar-refractivity contribution in [3.63, 3.8) is 0 Å². The molecular formula is C20H19Cl2N3O2S. The van der Waals surface area contributed by atoms with Crippen molar-refractivity contribution in [2.24, 2.45) is 0 Å². The summed E-state index contributed by atoms with van der Waals surface area (Å²) in [5.41, 5.74) is 2.48. The van der Waals surface area contributed by atoms with Gasteiger partial charge in [-0.05, 0) is 29.3 Å². The highest BCUT2D eigenvalue weighted by molar-refractivity contribution is 7.99. The van der Waals surface area contributed by atoms with E-state index >= 15 is 0 Å². The van der Waals surface area contributed by atoms with Crippen LogP contribution < -0.4 is 5.32 Å². The molecule has 0 radical (unpaired) electrons. The van der Waals surface area contributed by atoms with Gasteiger partial charge in [0.25, 0.3) is 0 Å². The van der Waals surface area contributed by atoms with Crippen molar-refractivity contribution >= 4 is 40.9 Å². The van der Waals surface area contributed by atoms with Crippen LogP contribution in [0.4, 0.5) is 0 Å². The first-order chi connectivity index (χ1) is 13.5. The Labute approximate surface area is 177 Å². The van der Waals surface area contributed by atoms with E-state index in [2.05, 4.69) is 10.3 Å². The van der Waals surface area contributed by atoms with Crippen LogP contribution in [0.2, 0.25) is 10.0 Å². The molecule has 1 heterocycles. The third kappa shape index (κ3) is 5.75. The molecule has 0 bridgehead atoms. The molecule has 0 aliphatic rings. The molecule has 0 saturated carbocycles. The molecule has 3 aromatic rings. The van der Waals surface area contributed by atoms with E-state index in [4.69, 9.17) is 23.2 Å². The zero-order chi connectivity index (χ0) is 19.9. The van der Waals surface area contributed by atoms with Crippen LogP contribution in [0.1, 0.15) is 16.8 Å². The van der Waals surface area contributed by atoms with Crippen molar-refractivity contribution in [3.05, 3.63) is 81.6 Å². The number of benzene rings is 2. The standard InChI is InChI=1S/C20H19Cl2N3O2S/c21-16-7-5-14(6-8-16)10-25-11-17(12-26)24-20(25)28-13-19(27)23-9-15-3-1-2-4-18(15)22/h1-8,11,26H,9-10,12-13H2,(H,23,27). The first-order valence-corrected chi connectivity index (χ1v) is 10.3. The molecule has 2 aromatic carbocycles. The molecule has 0 aliphatic heterocycles. The number of aliphatic hydroxyl groups is 1. The van der Waals surface area contributed by atoms with Crippen LogP contribution in [0.5, 0.6) is 0 Å². The molecule has 146 valence electrons. The average molecular weight is 436 g/mol. The van der Waals surface area contributed by atoms with Crippen molar-refractivity contribution < 1.29 is 9.90 Å². The van der Waals surface area contributed by atoms with E-state index < -0.39 is 0 Å². The summed E-state index contributed by atoms with van der Waals surface area (Å²) >= 11 is 13.4. The first-order valence-electron chi connectivity index (χ1n) is 8.59. The fourth-order valence-corrected chi connectivity index (χ4v) is 3.71. The zero-order valence-corrected chi connectivity index (χ0v) is 17.3. The molecule has 0 fully saturated rings. The van der Waals surface area contributed by atoms with Crippen LogP contribution in [-0.2, 0) is 24.5 Å². The van der Waals surface area contributed by atoms with E-state index in [1.165, 1.54) is 11.8 Å². The van der Waals surface area contributed by atoms with E-state index in [1.54, 1.807) is 12.3 Å². The smallest absolute Gasteiger partial charge is 0.230 e. The van der Waals surface area contributed by atoms with Crippen molar-refractivity contribution in [1.29, 1.82) is 0 Å². The number of aromatic nitrogens is 2. The predicted molar refractivity (Wildman–Crippen MR) is 113 cm³/mol. The summed E-state index contributed by atoms with van der Waals surface area (Å²) in [5, 5.41) is 14.2. The summed E-state index contributed by atoms with van der Waals surface area (Å²) in [4.78, 5) is 16.6. The van der Waals surface area contributed by atoms with Crippen LogP contribution in [0.25, 0.3) is 0 Å². The van der Waals surface area contributed by atoms with Gasteiger partial charge in [0.1, 0.15) is 0 Å². The van der Waals surface area contributed by atoms with Crippen molar-refractivity contribution in [1.82, 2.24) is 14.9 Å². The van der Waals surface area contributed by atoms with Gasteiger partial charge in [-0.3, -0.25) is 4.79 Å². The van der Waals surface area contributed by atoms with E-state index in [0.717, 1.165) is 11.1 Å². The molecule has 0 atom stereocenters. The molecule has 2 N–H and O–H groups in total. The number of hydrogen-bond acceptors (Lipinski definition) is 4. The second-order valence-corrected chi connectivity index (χ2v) is 7.87. The molecule has 0 aliphatic carbocycles. The van der Waals surface area contributed by atoms with Gasteiger partial charge in [-0.1, -0.05) is 65.3 Å². The summed E-state index contributed by atoms with van der Waals surface area (Å²) in [6.07, 6.45) is 1.79. The number of nitrogens with zero attached hydrogens (tertiary/aromatic N) is 2. The molecule has 1 aromatic heterocycles. The van der Waals surface area contributed by atoms with Crippen molar-refractivity contribution in [2.75, 3.05) is 5.75 Å². The number of thioether (sulfide) groups is 1. The van der Waals surface area contributed by atoms with Gasteiger partial charge < -0.3 is 15.0 Å². The van der Waals surface area contributed by atoms with Crippen LogP contribution in [-0.4, -0.2) is 26.3 Å². The second-order valence-electron chi connectivity index (χ2n) is 6.08. The first kappa shape index (κ1) is 20.7. The summed E-state index contributed by atoms with van der Waals surface area (Å²) in [7, 11) is 0. The summed E-state index contributed by atoms with van der Waals surface area (Å²) in [5.74, 6) is 0.101. The fourth-order valence-electron chi connectivity index (χ4n) is 2.56. The van der Waals surface area contributed by atoms with Crippen molar-refractivity contribution in [2.45, 2.75) is 24.9 Å². The number of halogens is 2. The highest BCUT2D eigenvalue weighted by Crippen LogP contribution is 2.20. The number of rotatable bonds is 8. The SMILES string of the molecule is O=C(CSc1nc(CO)cn1Cc1ccc(Cl)cc1)NCc1ccccc1Cl. The van der Waals surface area contributed by atoms with Crippen molar-refractivity contribution in [3.8, 4) is 0 Å². The lowest BCUT2D eigenvalue weighted by molar-refractivity contribution is -0.118. The Morgan fingerprint density at radius 1 is 1.14 bits per heavy atom. The lowest BCUT2D eigenvalue weighted by Gasteiger charge is -2.09. The topological polar surface area (TPSA) is 67.1 Å². The molecule has 28 heavy (non-hydrogen) atoms. The molecular weight excluding hydrogens is 417 g/mol. The minimum absolute atomic E-state index is 0.114. The Morgan fingerprint density at radius 3 is 2.61 bits per heavy atom. The molecule has 8 heteroatoms. The normalized spacial score (nSPS) is 10.8. The molecule has 0 saturated heterocycles. The number of nitrogens with one attached hydrogen (secondary N) is 1. The van der Waals surface area contributed by atoms with Gasteiger partial charge in [0.15, 0.2) is 5.16 Å². The highest BCUT2D eigenvalue weighted by atomic mass is 35.5. The number of aliphatic hydroxyl groups excluding tert-OH is 1. The second kappa shape index (κ2) is 9.98. The molecule has 0 spiro atoms. The predicted octanol–water partition coefficient (Wildman–Crippen LogP) is 4.14. The van der Waals surface area contributed by atoms with E-state index in [0.29, 0.717) is 34.0 Å². The van der Waals surface area contributed by atoms with E-state index in [1.807, 2.05) is 47.0 Å². The molecule has 0 unspecified atom stereocenters. The maximum atomic E-state index is 12.2. The Balaban J connectivity index is 1.60. The molecule has 5 nitrogen and oxygen atoms in total. The van der Waals surface area contributed by atoms with Crippen LogP contribution >= 0.6 is 35.0 Å². The molecule has 1 amide bonds. The van der Waals surface area contributed by atoms with E-state index in [9.17, 15) is 9.90 Å². The van der Waals surface area contributed by atoms with Gasteiger partial charge >= 0.3 is 0 Å². The quantitative estimate of drug-likeness (QED) is 0.521. The van der Waals surface area contributed by atoms with Gasteiger partial charge in [-0.2, -0.15) is 0 Å². The Hall–Kier alpha value is -1.99. The van der Waals surface area contributed by atoms with Gasteiger partial charge in [-0.15, -0.1) is 0 Å². The zero-order valence-electron chi connectivity index (χ0n) is 14.9. The van der Waals surface area contributed by atoms with Gasteiger partial charge in [0, 0.05) is 29.3 Å². The lowest BCUT2D eigenvalue weighted by Crippen LogP contribution is -2.24. The van der Waals surface area contributed by atoms with Crippen LogP contribution in [0.3, 0.4) is 0 Å². The van der Waals surface area contributed by atoms with E-state index in [-0.39, 0.29) is 18.3 Å². The van der Waals surface area contributed by atoms with Crippen LogP contribution in [0.15, 0.2) is 59.9 Å². The average Bonchev–Trinajstić information content (AvgIpc) is 3.09. The number of carbonyl (C=O) groups is 1. The Bertz CT molecular complexity index is 945. The third-order valence-electron chi connectivity index (χ3n) is 3.98. The number of hydrogen-bond donors (Lipinski definition) is 2. The maximum absolute atomic E-state index is 12.2. The number of amides is 1. The monoisotopic (exact) mass is 435 g/mol. The highest BCUT2D eigenvalue weighted by Gasteiger charge is 2.12. The Morgan fingerprint density at radius 2 is 1.89 bits per heavy atom. The van der Waals surface area contributed by atoms with Crippen LogP contribution in [0, 0.1) is 0 Å². The summed E-state index contributed by atoms with van der Waals surface area (Å²) < 4.78 is 1.92. The van der Waals surface area contributed by atoms with Gasteiger partial charge in [0.05, 0.1) is 18.1 Å². The lowest BCUT2D eigenvalue weighted by atomic mass is 10.2. The minimum Gasteiger partial charge on any atom is -0.390 e. The molecule has 3 rings (SSSR count). The van der Waals surface area contributed by atoms with Gasteiger partial charge in [-0.25, -0.2) is 4.98 Å². The summed E-state index contributed by atoms with van der Waals surface area (Å²) in [6, 6.07) is 14.9. The third-order valence-corrected chi connectivity index (χ3v) is 5.60. The Kier molecular flexibility index (Phi) is 7.39. The number of carbonyl (C=O) groups excluding carboxylic acids is 1. The number of imidazole rings is 1. The maximum Gasteiger partial charge on any atom is 0.230 e. The summed E-state index contributed by atoms with van der Waals surface area (Å²) in [6.45, 7) is 0.799. The fraction of sp³-hybridized carbons (Fsp3) is 0.200. The minimum atomic E-state index is -0.153.